The van der Waals surface area contributed by atoms with Crippen LogP contribution < -0.4 is 5.32 Å². The molecule has 2 aromatic heterocycles. The Hall–Kier alpha value is -2.71. The van der Waals surface area contributed by atoms with Crippen molar-refractivity contribution in [3.05, 3.63) is 29.9 Å². The van der Waals surface area contributed by atoms with Gasteiger partial charge in [0.25, 0.3) is 0 Å². The number of aromatic nitrogens is 5. The molecule has 1 atom stereocenters. The van der Waals surface area contributed by atoms with Crippen molar-refractivity contribution in [3.8, 4) is 0 Å². The Morgan fingerprint density at radius 2 is 2.15 bits per heavy atom. The molecule has 0 spiro atoms. The Labute approximate surface area is 158 Å². The standard InChI is InChI=1S/C18H27N7O2/c1-13-21-14(2)25(22-13)10-5-7-20-18(27)24-9-4-6-15(12-24)16(26)17-19-8-11-23(17)3/h8,11,15H,4-7,9-10,12H2,1-3H3,(H,20,27)/t15-/m0/s1. The van der Waals surface area contributed by atoms with E-state index in [1.54, 1.807) is 21.9 Å². The minimum absolute atomic E-state index is 0.0111. The highest BCUT2D eigenvalue weighted by Gasteiger charge is 2.30. The molecule has 1 N–H and O–H groups in total. The van der Waals surface area contributed by atoms with Crippen molar-refractivity contribution in [2.45, 2.75) is 39.7 Å². The van der Waals surface area contributed by atoms with Crippen molar-refractivity contribution in [1.29, 1.82) is 0 Å². The molecule has 2 aromatic rings. The minimum atomic E-state index is -0.189. The summed E-state index contributed by atoms with van der Waals surface area (Å²) in [6, 6.07) is -0.112. The lowest BCUT2D eigenvalue weighted by Crippen LogP contribution is -2.47. The number of imidazole rings is 1. The van der Waals surface area contributed by atoms with Gasteiger partial charge in [0, 0.05) is 51.5 Å². The van der Waals surface area contributed by atoms with Gasteiger partial charge in [-0.3, -0.25) is 9.48 Å². The molecule has 2 amide bonds. The summed E-state index contributed by atoms with van der Waals surface area (Å²) in [5.74, 6) is 1.92. The van der Waals surface area contributed by atoms with Crippen LogP contribution in [0.4, 0.5) is 4.79 Å². The summed E-state index contributed by atoms with van der Waals surface area (Å²) >= 11 is 0. The Kier molecular flexibility index (Phi) is 5.88. The first-order valence-electron chi connectivity index (χ1n) is 9.38. The third-order valence-corrected chi connectivity index (χ3v) is 4.91. The fourth-order valence-corrected chi connectivity index (χ4v) is 3.47. The summed E-state index contributed by atoms with van der Waals surface area (Å²) in [6.07, 6.45) is 5.78. The van der Waals surface area contributed by atoms with Crippen LogP contribution in [0.1, 0.15) is 41.5 Å². The second-order valence-electron chi connectivity index (χ2n) is 7.03. The number of aryl methyl sites for hydroxylation is 4. The molecule has 9 nitrogen and oxygen atoms in total. The number of hydrogen-bond acceptors (Lipinski definition) is 5. The molecule has 0 radical (unpaired) electrons. The summed E-state index contributed by atoms with van der Waals surface area (Å²) in [7, 11) is 1.81. The molecule has 27 heavy (non-hydrogen) atoms. The number of nitrogens with zero attached hydrogens (tertiary/aromatic N) is 6. The van der Waals surface area contributed by atoms with Crippen molar-refractivity contribution in [1.82, 2.24) is 34.5 Å². The molecule has 3 rings (SSSR count). The number of likely N-dealkylation sites (tertiary alicyclic amines) is 1. The van der Waals surface area contributed by atoms with Gasteiger partial charge in [-0.1, -0.05) is 0 Å². The number of urea groups is 1. The number of piperidine rings is 1. The number of nitrogens with one attached hydrogen (secondary N) is 1. The van der Waals surface area contributed by atoms with Gasteiger partial charge in [0.05, 0.1) is 0 Å². The third-order valence-electron chi connectivity index (χ3n) is 4.91. The number of rotatable bonds is 6. The molecule has 1 saturated heterocycles. The van der Waals surface area contributed by atoms with Gasteiger partial charge in [-0.15, -0.1) is 0 Å². The molecule has 0 aromatic carbocycles. The van der Waals surface area contributed by atoms with Crippen LogP contribution in [-0.4, -0.2) is 60.7 Å². The molecule has 0 unspecified atom stereocenters. The van der Waals surface area contributed by atoms with Crippen molar-refractivity contribution < 1.29 is 9.59 Å². The van der Waals surface area contributed by atoms with E-state index in [4.69, 9.17) is 0 Å². The van der Waals surface area contributed by atoms with Crippen LogP contribution in [0.2, 0.25) is 0 Å². The van der Waals surface area contributed by atoms with Crippen molar-refractivity contribution in [2.75, 3.05) is 19.6 Å². The highest BCUT2D eigenvalue weighted by Crippen LogP contribution is 2.20. The van der Waals surface area contributed by atoms with Crippen LogP contribution >= 0.6 is 0 Å². The van der Waals surface area contributed by atoms with Gasteiger partial charge in [-0.05, 0) is 33.1 Å². The number of amides is 2. The van der Waals surface area contributed by atoms with E-state index in [0.29, 0.717) is 32.0 Å². The molecule has 0 bridgehead atoms. The summed E-state index contributed by atoms with van der Waals surface area (Å²) in [5.41, 5.74) is 0. The molecule has 9 heteroatoms. The molecule has 1 aliphatic rings. The lowest BCUT2D eigenvalue weighted by Gasteiger charge is -2.31. The second kappa shape index (κ2) is 8.32. The van der Waals surface area contributed by atoms with E-state index in [9.17, 15) is 9.59 Å². The fraction of sp³-hybridized carbons (Fsp3) is 0.611. The number of ketones is 1. The SMILES string of the molecule is Cc1nc(C)n(CCCNC(=O)N2CCC[C@H](C(=O)c3nccn3C)C2)n1. The maximum atomic E-state index is 12.6. The number of Topliss-reactive ketones (excluding diaryl/α,β-unsaturated/α-hetero) is 1. The first-order valence-corrected chi connectivity index (χ1v) is 9.38. The maximum absolute atomic E-state index is 12.6. The Balaban J connectivity index is 1.46. The highest BCUT2D eigenvalue weighted by molar-refractivity contribution is 5.95. The average Bonchev–Trinajstić information content (AvgIpc) is 3.22. The smallest absolute Gasteiger partial charge is 0.317 e. The molecule has 1 aliphatic heterocycles. The van der Waals surface area contributed by atoms with Crippen LogP contribution in [0.3, 0.4) is 0 Å². The Bertz CT molecular complexity index is 810. The Morgan fingerprint density at radius 1 is 1.33 bits per heavy atom. The average molecular weight is 373 g/mol. The predicted octanol–water partition coefficient (Wildman–Crippen LogP) is 1.32. The van der Waals surface area contributed by atoms with E-state index in [2.05, 4.69) is 20.4 Å². The first-order chi connectivity index (χ1) is 13.0. The van der Waals surface area contributed by atoms with Gasteiger partial charge < -0.3 is 14.8 Å². The first kappa shape index (κ1) is 19.1. The number of carbonyl (C=O) groups excluding carboxylic acids is 2. The predicted molar refractivity (Wildman–Crippen MR) is 99.3 cm³/mol. The lowest BCUT2D eigenvalue weighted by atomic mass is 9.93. The van der Waals surface area contributed by atoms with Gasteiger partial charge in [0.2, 0.25) is 5.78 Å². The van der Waals surface area contributed by atoms with Gasteiger partial charge in [0.15, 0.2) is 5.82 Å². The Morgan fingerprint density at radius 3 is 2.81 bits per heavy atom. The molecule has 0 saturated carbocycles. The maximum Gasteiger partial charge on any atom is 0.317 e. The number of carbonyl (C=O) groups is 2. The summed E-state index contributed by atoms with van der Waals surface area (Å²) in [5, 5.41) is 7.26. The third kappa shape index (κ3) is 4.53. The van der Waals surface area contributed by atoms with E-state index >= 15 is 0 Å². The molecule has 1 fully saturated rings. The minimum Gasteiger partial charge on any atom is -0.338 e. The zero-order valence-corrected chi connectivity index (χ0v) is 16.2. The van der Waals surface area contributed by atoms with Crippen molar-refractivity contribution >= 4 is 11.8 Å². The molecular weight excluding hydrogens is 346 g/mol. The largest absolute Gasteiger partial charge is 0.338 e. The van der Waals surface area contributed by atoms with E-state index < -0.39 is 0 Å². The van der Waals surface area contributed by atoms with Crippen LogP contribution in [0.5, 0.6) is 0 Å². The van der Waals surface area contributed by atoms with Crippen molar-refractivity contribution in [2.24, 2.45) is 13.0 Å². The second-order valence-corrected chi connectivity index (χ2v) is 7.03. The molecular formula is C18H27N7O2. The summed E-state index contributed by atoms with van der Waals surface area (Å²) < 4.78 is 3.58. The normalized spacial score (nSPS) is 17.1. The van der Waals surface area contributed by atoms with E-state index in [1.165, 1.54) is 0 Å². The van der Waals surface area contributed by atoms with Crippen molar-refractivity contribution in [3.63, 3.8) is 0 Å². The van der Waals surface area contributed by atoms with Gasteiger partial charge in [-0.2, -0.15) is 5.10 Å². The van der Waals surface area contributed by atoms with Gasteiger partial charge in [0.1, 0.15) is 11.6 Å². The van der Waals surface area contributed by atoms with E-state index in [-0.39, 0.29) is 17.7 Å². The summed E-state index contributed by atoms with van der Waals surface area (Å²) in [6.45, 7) is 6.19. The van der Waals surface area contributed by atoms with Gasteiger partial charge >= 0.3 is 6.03 Å². The van der Waals surface area contributed by atoms with E-state index in [1.807, 2.05) is 25.6 Å². The molecule has 0 aliphatic carbocycles. The quantitative estimate of drug-likeness (QED) is 0.608. The highest BCUT2D eigenvalue weighted by atomic mass is 16.2. The number of hydrogen-bond donors (Lipinski definition) is 1. The zero-order valence-electron chi connectivity index (χ0n) is 16.2. The summed E-state index contributed by atoms with van der Waals surface area (Å²) in [4.78, 5) is 35.2. The van der Waals surface area contributed by atoms with E-state index in [0.717, 1.165) is 30.9 Å². The van der Waals surface area contributed by atoms with Crippen LogP contribution in [0.25, 0.3) is 0 Å². The van der Waals surface area contributed by atoms with Crippen LogP contribution in [0, 0.1) is 19.8 Å². The monoisotopic (exact) mass is 373 g/mol. The zero-order chi connectivity index (χ0) is 19.4. The lowest BCUT2D eigenvalue weighted by molar-refractivity contribution is 0.0831. The topological polar surface area (TPSA) is 97.9 Å². The molecule has 3 heterocycles. The van der Waals surface area contributed by atoms with Gasteiger partial charge in [-0.25, -0.2) is 14.8 Å². The molecule has 146 valence electrons. The van der Waals surface area contributed by atoms with Crippen LogP contribution in [-0.2, 0) is 13.6 Å². The fourth-order valence-electron chi connectivity index (χ4n) is 3.47. The van der Waals surface area contributed by atoms with Crippen LogP contribution in [0.15, 0.2) is 12.4 Å².